The van der Waals surface area contributed by atoms with Crippen LogP contribution in [-0.2, 0) is 25.5 Å². The molecule has 2 amide bonds. The normalized spacial score (nSPS) is 12.8. The summed E-state index contributed by atoms with van der Waals surface area (Å²) >= 11 is 1.16. The van der Waals surface area contributed by atoms with Crippen molar-refractivity contribution in [3.63, 3.8) is 0 Å². The van der Waals surface area contributed by atoms with Crippen LogP contribution >= 0.6 is 11.8 Å². The Bertz CT molecular complexity index is 883. The number of anilines is 2. The molecule has 2 aromatic rings. The summed E-state index contributed by atoms with van der Waals surface area (Å²) in [5.74, 6) is -0.765. The molecule has 0 spiro atoms. The summed E-state index contributed by atoms with van der Waals surface area (Å²) in [6.07, 6.45) is 1.84. The number of hydrogen-bond donors (Lipinski definition) is 1. The van der Waals surface area contributed by atoms with Crippen LogP contribution in [0.15, 0.2) is 48.5 Å². The molecule has 1 aliphatic heterocycles. The van der Waals surface area contributed by atoms with E-state index in [0.29, 0.717) is 6.54 Å². The lowest BCUT2D eigenvalue weighted by Gasteiger charge is -2.29. The van der Waals surface area contributed by atoms with Gasteiger partial charge in [0, 0.05) is 17.9 Å². The number of ether oxygens (including phenoxy) is 1. The highest BCUT2D eigenvalue weighted by atomic mass is 32.2. The van der Waals surface area contributed by atoms with Gasteiger partial charge in [-0.25, -0.2) is 0 Å². The molecule has 6 nitrogen and oxygen atoms in total. The van der Waals surface area contributed by atoms with Crippen molar-refractivity contribution in [2.24, 2.45) is 0 Å². The molecule has 1 N–H and O–H groups in total. The number of carbonyl (C=O) groups is 3. The maximum Gasteiger partial charge on any atom is 0.316 e. The molecule has 152 valence electrons. The third-order valence-corrected chi connectivity index (χ3v) is 5.46. The molecule has 0 atom stereocenters. The Balaban J connectivity index is 1.37. The number of amides is 2. The number of hydrogen-bond acceptors (Lipinski definition) is 5. The zero-order chi connectivity index (χ0) is 20.6. The summed E-state index contributed by atoms with van der Waals surface area (Å²) < 4.78 is 5.10. The second-order valence-corrected chi connectivity index (χ2v) is 7.83. The van der Waals surface area contributed by atoms with Crippen LogP contribution in [0.3, 0.4) is 0 Å². The summed E-state index contributed by atoms with van der Waals surface area (Å²) in [5, 5.41) is 2.77. The van der Waals surface area contributed by atoms with Gasteiger partial charge in [-0.05, 0) is 43.5 Å². The number of benzene rings is 2. The van der Waals surface area contributed by atoms with Crippen molar-refractivity contribution in [1.82, 2.24) is 0 Å². The van der Waals surface area contributed by atoms with E-state index in [1.807, 2.05) is 55.5 Å². The van der Waals surface area contributed by atoms with Crippen molar-refractivity contribution in [3.8, 4) is 0 Å². The average molecular weight is 413 g/mol. The van der Waals surface area contributed by atoms with Crippen LogP contribution in [0.4, 0.5) is 11.4 Å². The van der Waals surface area contributed by atoms with Gasteiger partial charge in [0.25, 0.3) is 5.91 Å². The van der Waals surface area contributed by atoms with E-state index in [2.05, 4.69) is 5.32 Å². The molecule has 1 heterocycles. The van der Waals surface area contributed by atoms with E-state index in [1.54, 1.807) is 4.90 Å². The molecule has 2 aromatic carbocycles. The number of aryl methyl sites for hydroxylation is 2. The second-order valence-electron chi connectivity index (χ2n) is 6.85. The number of thioether (sulfide) groups is 1. The Hall–Kier alpha value is -2.80. The van der Waals surface area contributed by atoms with Crippen molar-refractivity contribution in [2.45, 2.75) is 19.8 Å². The fourth-order valence-electron chi connectivity index (χ4n) is 3.12. The van der Waals surface area contributed by atoms with Crippen LogP contribution in [0.1, 0.15) is 17.5 Å². The predicted molar refractivity (Wildman–Crippen MR) is 115 cm³/mol. The SMILES string of the molecule is Cc1ccc(NC(=O)CSCC(=O)OCC(=O)N2CCCc3ccccc32)cc1. The van der Waals surface area contributed by atoms with E-state index >= 15 is 0 Å². The minimum absolute atomic E-state index is 0.0190. The highest BCUT2D eigenvalue weighted by Crippen LogP contribution is 2.26. The average Bonchev–Trinajstić information content (AvgIpc) is 2.73. The van der Waals surface area contributed by atoms with Crippen molar-refractivity contribution < 1.29 is 19.1 Å². The number of nitrogens with one attached hydrogen (secondary N) is 1. The van der Waals surface area contributed by atoms with E-state index in [0.717, 1.165) is 47.1 Å². The smallest absolute Gasteiger partial charge is 0.316 e. The first-order valence-electron chi connectivity index (χ1n) is 9.51. The van der Waals surface area contributed by atoms with E-state index in [-0.39, 0.29) is 29.9 Å². The van der Waals surface area contributed by atoms with Gasteiger partial charge in [0.15, 0.2) is 6.61 Å². The van der Waals surface area contributed by atoms with E-state index in [9.17, 15) is 14.4 Å². The number of nitrogens with zero attached hydrogens (tertiary/aromatic N) is 1. The van der Waals surface area contributed by atoms with Crippen LogP contribution in [0.5, 0.6) is 0 Å². The van der Waals surface area contributed by atoms with Gasteiger partial charge in [-0.2, -0.15) is 0 Å². The Morgan fingerprint density at radius 3 is 2.62 bits per heavy atom. The predicted octanol–water partition coefficient (Wildman–Crippen LogP) is 3.19. The summed E-state index contributed by atoms with van der Waals surface area (Å²) in [5.41, 5.74) is 3.86. The van der Waals surface area contributed by atoms with Gasteiger partial charge in [0.05, 0.1) is 11.5 Å². The highest BCUT2D eigenvalue weighted by Gasteiger charge is 2.23. The van der Waals surface area contributed by atoms with Crippen molar-refractivity contribution >= 4 is 40.9 Å². The van der Waals surface area contributed by atoms with Crippen LogP contribution in [0.25, 0.3) is 0 Å². The number of fused-ring (bicyclic) bond motifs is 1. The van der Waals surface area contributed by atoms with E-state index in [4.69, 9.17) is 4.74 Å². The van der Waals surface area contributed by atoms with Crippen molar-refractivity contribution in [2.75, 3.05) is 34.9 Å². The topological polar surface area (TPSA) is 75.7 Å². The molecular weight excluding hydrogens is 388 g/mol. The molecule has 0 fully saturated rings. The summed E-state index contributed by atoms with van der Waals surface area (Å²) in [6, 6.07) is 15.3. The maximum atomic E-state index is 12.5. The Labute approximate surface area is 174 Å². The number of rotatable bonds is 7. The van der Waals surface area contributed by atoms with E-state index < -0.39 is 5.97 Å². The van der Waals surface area contributed by atoms with Crippen LogP contribution in [-0.4, -0.2) is 42.4 Å². The third kappa shape index (κ3) is 6.09. The molecular formula is C22H24N2O4S. The highest BCUT2D eigenvalue weighted by molar-refractivity contribution is 8.00. The Kier molecular flexibility index (Phi) is 7.30. The Morgan fingerprint density at radius 1 is 1.07 bits per heavy atom. The molecule has 29 heavy (non-hydrogen) atoms. The van der Waals surface area contributed by atoms with Gasteiger partial charge >= 0.3 is 5.97 Å². The van der Waals surface area contributed by atoms with Gasteiger partial charge in [-0.1, -0.05) is 35.9 Å². The monoisotopic (exact) mass is 412 g/mol. The lowest BCUT2D eigenvalue weighted by molar-refractivity contribution is -0.145. The number of esters is 1. The molecule has 0 saturated heterocycles. The first-order valence-corrected chi connectivity index (χ1v) is 10.7. The molecule has 0 aliphatic carbocycles. The molecule has 1 aliphatic rings. The lowest BCUT2D eigenvalue weighted by atomic mass is 10.0. The zero-order valence-electron chi connectivity index (χ0n) is 16.3. The van der Waals surface area contributed by atoms with Gasteiger partial charge in [0.1, 0.15) is 0 Å². The molecule has 0 bridgehead atoms. The minimum Gasteiger partial charge on any atom is -0.455 e. The summed E-state index contributed by atoms with van der Waals surface area (Å²) in [7, 11) is 0. The van der Waals surface area contributed by atoms with Gasteiger partial charge in [0.2, 0.25) is 5.91 Å². The maximum absolute atomic E-state index is 12.5. The van der Waals surface area contributed by atoms with Crippen molar-refractivity contribution in [1.29, 1.82) is 0 Å². The molecule has 0 unspecified atom stereocenters. The first-order chi connectivity index (χ1) is 14.0. The number of carbonyl (C=O) groups excluding carboxylic acids is 3. The van der Waals surface area contributed by atoms with Gasteiger partial charge < -0.3 is 15.0 Å². The fraction of sp³-hybridized carbons (Fsp3) is 0.318. The van der Waals surface area contributed by atoms with Gasteiger partial charge in [-0.15, -0.1) is 11.8 Å². The zero-order valence-corrected chi connectivity index (χ0v) is 17.2. The quantitative estimate of drug-likeness (QED) is 0.707. The summed E-state index contributed by atoms with van der Waals surface area (Å²) in [4.78, 5) is 38.0. The minimum atomic E-state index is -0.503. The van der Waals surface area contributed by atoms with Crippen LogP contribution in [0.2, 0.25) is 0 Å². The van der Waals surface area contributed by atoms with Crippen molar-refractivity contribution in [3.05, 3.63) is 59.7 Å². The fourth-order valence-corrected chi connectivity index (χ4v) is 3.73. The largest absolute Gasteiger partial charge is 0.455 e. The second kappa shape index (κ2) is 10.1. The lowest BCUT2D eigenvalue weighted by Crippen LogP contribution is -2.38. The molecule has 3 rings (SSSR count). The number of para-hydroxylation sites is 1. The molecule has 0 aromatic heterocycles. The van der Waals surface area contributed by atoms with Crippen LogP contribution in [0, 0.1) is 6.92 Å². The molecule has 0 radical (unpaired) electrons. The summed E-state index contributed by atoms with van der Waals surface area (Å²) in [6.45, 7) is 2.31. The van der Waals surface area contributed by atoms with Gasteiger partial charge in [-0.3, -0.25) is 14.4 Å². The first kappa shape index (κ1) is 20.9. The standard InChI is InChI=1S/C22H24N2O4S/c1-16-8-10-18(11-9-16)23-20(25)14-29-15-22(27)28-13-21(26)24-12-4-6-17-5-2-3-7-19(17)24/h2-3,5,7-11H,4,6,12-15H2,1H3,(H,23,25). The Morgan fingerprint density at radius 2 is 1.83 bits per heavy atom. The van der Waals surface area contributed by atoms with Crippen LogP contribution < -0.4 is 10.2 Å². The third-order valence-electron chi connectivity index (χ3n) is 4.56. The van der Waals surface area contributed by atoms with E-state index in [1.165, 1.54) is 0 Å². The molecule has 7 heteroatoms. The molecule has 0 saturated carbocycles.